The second kappa shape index (κ2) is 7.32. The quantitative estimate of drug-likeness (QED) is 0.703. The minimum Gasteiger partial charge on any atom is -0.361 e. The molecule has 5 nitrogen and oxygen atoms in total. The molecule has 0 saturated heterocycles. The average Bonchev–Trinajstić information content (AvgIpc) is 3.09. The Bertz CT molecular complexity index is 807. The summed E-state index contributed by atoms with van der Waals surface area (Å²) >= 11 is 0. The van der Waals surface area contributed by atoms with Crippen LogP contribution in [0.5, 0.6) is 0 Å². The Kier molecular flexibility index (Phi) is 5.26. The highest BCUT2D eigenvalue weighted by Crippen LogP contribution is 2.42. The SMILES string of the molecule is Cc1cc(CCCCN2C(=O)C(C)C3=C2C(CC(F)(F)F)C(=O)C=C3)on1. The summed E-state index contributed by atoms with van der Waals surface area (Å²) in [6.45, 7) is 3.77. The number of carbonyl (C=O) groups excluding carboxylic acids is 2. The highest BCUT2D eigenvalue weighted by atomic mass is 19.4. The van der Waals surface area contributed by atoms with E-state index in [2.05, 4.69) is 5.16 Å². The molecule has 0 bridgehead atoms. The van der Waals surface area contributed by atoms with E-state index in [0.717, 1.165) is 17.5 Å². The first-order valence-corrected chi connectivity index (χ1v) is 8.93. The van der Waals surface area contributed by atoms with Gasteiger partial charge in [0.1, 0.15) is 5.76 Å². The number of hydrogen-bond acceptors (Lipinski definition) is 4. The molecule has 3 rings (SSSR count). The molecule has 0 N–H and O–H groups in total. The second-order valence-corrected chi connectivity index (χ2v) is 7.05. The highest BCUT2D eigenvalue weighted by Gasteiger charge is 2.46. The van der Waals surface area contributed by atoms with Gasteiger partial charge < -0.3 is 9.42 Å². The van der Waals surface area contributed by atoms with Crippen LogP contribution < -0.4 is 0 Å². The maximum atomic E-state index is 13.0. The van der Waals surface area contributed by atoms with Gasteiger partial charge in [-0.1, -0.05) is 11.2 Å². The topological polar surface area (TPSA) is 63.4 Å². The number of allylic oxidation sites excluding steroid dienone is 3. The van der Waals surface area contributed by atoms with Crippen molar-refractivity contribution in [3.8, 4) is 0 Å². The molecule has 1 aliphatic carbocycles. The Labute approximate surface area is 154 Å². The van der Waals surface area contributed by atoms with Gasteiger partial charge in [0, 0.05) is 24.7 Å². The van der Waals surface area contributed by atoms with E-state index in [0.29, 0.717) is 24.8 Å². The number of amides is 1. The van der Waals surface area contributed by atoms with Crippen LogP contribution in [0.25, 0.3) is 0 Å². The first kappa shape index (κ1) is 19.4. The molecule has 1 aliphatic heterocycles. The summed E-state index contributed by atoms with van der Waals surface area (Å²) < 4.78 is 44.0. The van der Waals surface area contributed by atoms with E-state index in [1.807, 2.05) is 13.0 Å². The molecule has 0 saturated carbocycles. The number of hydrogen-bond donors (Lipinski definition) is 0. The molecule has 27 heavy (non-hydrogen) atoms. The summed E-state index contributed by atoms with van der Waals surface area (Å²) in [7, 11) is 0. The molecule has 1 aromatic rings. The molecule has 0 radical (unpaired) electrons. The zero-order valence-corrected chi connectivity index (χ0v) is 15.2. The smallest absolute Gasteiger partial charge is 0.361 e. The summed E-state index contributed by atoms with van der Waals surface area (Å²) in [6.07, 6.45) is -1.15. The number of alkyl halides is 3. The largest absolute Gasteiger partial charge is 0.390 e. The lowest BCUT2D eigenvalue weighted by Crippen LogP contribution is -2.35. The molecular formula is C19H21F3N2O3. The summed E-state index contributed by atoms with van der Waals surface area (Å²) in [6, 6.07) is 1.83. The standard InChI is InChI=1S/C19H21F3N2O3/c1-11-9-13(27-23-11)5-3-4-8-24-17-14(12(2)18(24)26)6-7-16(25)15(17)10-19(20,21)22/h6-7,9,12,15H,3-5,8,10H2,1-2H3. The minimum atomic E-state index is -4.48. The van der Waals surface area contributed by atoms with Crippen molar-refractivity contribution < 1.29 is 27.3 Å². The van der Waals surface area contributed by atoms with Crippen LogP contribution in [0.1, 0.15) is 37.6 Å². The van der Waals surface area contributed by atoms with Gasteiger partial charge in [0.25, 0.3) is 0 Å². The third-order valence-electron chi connectivity index (χ3n) is 4.96. The average molecular weight is 382 g/mol. The van der Waals surface area contributed by atoms with Crippen molar-refractivity contribution in [1.82, 2.24) is 10.1 Å². The fourth-order valence-corrected chi connectivity index (χ4v) is 3.67. The van der Waals surface area contributed by atoms with Crippen LogP contribution >= 0.6 is 0 Å². The third kappa shape index (κ3) is 4.14. The van der Waals surface area contributed by atoms with E-state index < -0.39 is 30.2 Å². The summed E-state index contributed by atoms with van der Waals surface area (Å²) in [4.78, 5) is 26.1. The number of halogens is 3. The molecular weight excluding hydrogens is 361 g/mol. The van der Waals surface area contributed by atoms with Gasteiger partial charge >= 0.3 is 6.18 Å². The first-order valence-electron chi connectivity index (χ1n) is 8.93. The van der Waals surface area contributed by atoms with Crippen molar-refractivity contribution >= 4 is 11.7 Å². The lowest BCUT2D eigenvalue weighted by Gasteiger charge is -2.28. The zero-order chi connectivity index (χ0) is 19.8. The van der Waals surface area contributed by atoms with Gasteiger partial charge in [-0.15, -0.1) is 0 Å². The molecule has 146 valence electrons. The maximum Gasteiger partial charge on any atom is 0.390 e. The van der Waals surface area contributed by atoms with Crippen LogP contribution in [0.4, 0.5) is 13.2 Å². The van der Waals surface area contributed by atoms with Crippen molar-refractivity contribution in [1.29, 1.82) is 0 Å². The van der Waals surface area contributed by atoms with Crippen molar-refractivity contribution in [3.63, 3.8) is 0 Å². The van der Waals surface area contributed by atoms with E-state index in [4.69, 9.17) is 4.52 Å². The molecule has 8 heteroatoms. The van der Waals surface area contributed by atoms with Gasteiger partial charge in [-0.25, -0.2) is 0 Å². The fourth-order valence-electron chi connectivity index (χ4n) is 3.67. The number of ketones is 1. The van der Waals surface area contributed by atoms with E-state index in [1.54, 1.807) is 6.92 Å². The number of unbranched alkanes of at least 4 members (excludes halogenated alkanes) is 1. The molecule has 1 amide bonds. The number of nitrogens with zero attached hydrogens (tertiary/aromatic N) is 2. The van der Waals surface area contributed by atoms with Gasteiger partial charge in [-0.05, 0) is 38.3 Å². The molecule has 0 aromatic carbocycles. The molecule has 1 aromatic heterocycles. The predicted molar refractivity (Wildman–Crippen MR) is 90.4 cm³/mol. The summed E-state index contributed by atoms with van der Waals surface area (Å²) in [5, 5.41) is 3.80. The first-order chi connectivity index (χ1) is 12.7. The van der Waals surface area contributed by atoms with Gasteiger partial charge in [0.05, 0.1) is 24.0 Å². The van der Waals surface area contributed by atoms with E-state index >= 15 is 0 Å². The van der Waals surface area contributed by atoms with Gasteiger partial charge in [0.2, 0.25) is 5.91 Å². The van der Waals surface area contributed by atoms with Crippen LogP contribution in [0, 0.1) is 18.8 Å². The molecule has 2 unspecified atom stereocenters. The monoisotopic (exact) mass is 382 g/mol. The van der Waals surface area contributed by atoms with E-state index in [1.165, 1.54) is 11.0 Å². The normalized spacial score (nSPS) is 22.8. The van der Waals surface area contributed by atoms with E-state index in [-0.39, 0.29) is 18.1 Å². The lowest BCUT2D eigenvalue weighted by atomic mass is 9.86. The number of aryl methyl sites for hydroxylation is 2. The lowest BCUT2D eigenvalue weighted by molar-refractivity contribution is -0.151. The predicted octanol–water partition coefficient (Wildman–Crippen LogP) is 3.75. The fraction of sp³-hybridized carbons (Fsp3) is 0.526. The molecule has 2 aliphatic rings. The minimum absolute atomic E-state index is 0.229. The maximum absolute atomic E-state index is 13.0. The van der Waals surface area contributed by atoms with Crippen LogP contribution in [0.15, 0.2) is 34.0 Å². The van der Waals surface area contributed by atoms with Crippen LogP contribution in [-0.2, 0) is 16.0 Å². The number of rotatable bonds is 6. The van der Waals surface area contributed by atoms with Crippen molar-refractivity contribution in [2.24, 2.45) is 11.8 Å². The van der Waals surface area contributed by atoms with Crippen LogP contribution in [-0.4, -0.2) is 34.5 Å². The van der Waals surface area contributed by atoms with Crippen molar-refractivity contribution in [2.45, 2.75) is 45.7 Å². The number of carbonyl (C=O) groups is 2. The van der Waals surface area contributed by atoms with Crippen molar-refractivity contribution in [3.05, 3.63) is 40.9 Å². The van der Waals surface area contributed by atoms with Crippen LogP contribution in [0.3, 0.4) is 0 Å². The van der Waals surface area contributed by atoms with Gasteiger partial charge in [0.15, 0.2) is 5.78 Å². The summed E-state index contributed by atoms with van der Waals surface area (Å²) in [5.74, 6) is -1.98. The number of aromatic nitrogens is 1. The molecule has 0 spiro atoms. The Balaban J connectivity index is 1.71. The Hall–Kier alpha value is -2.38. The highest BCUT2D eigenvalue weighted by molar-refractivity contribution is 6.00. The van der Waals surface area contributed by atoms with E-state index in [9.17, 15) is 22.8 Å². The van der Waals surface area contributed by atoms with Crippen molar-refractivity contribution in [2.75, 3.05) is 6.54 Å². The third-order valence-corrected chi connectivity index (χ3v) is 4.96. The second-order valence-electron chi connectivity index (χ2n) is 7.05. The molecule has 2 atom stereocenters. The van der Waals surface area contributed by atoms with Gasteiger partial charge in [-0.3, -0.25) is 9.59 Å². The Morgan fingerprint density at radius 1 is 1.22 bits per heavy atom. The Morgan fingerprint density at radius 3 is 2.59 bits per heavy atom. The summed E-state index contributed by atoms with van der Waals surface area (Å²) in [5.41, 5.74) is 1.54. The zero-order valence-electron chi connectivity index (χ0n) is 15.2. The Morgan fingerprint density at radius 2 is 1.96 bits per heavy atom. The molecule has 2 heterocycles. The van der Waals surface area contributed by atoms with Crippen LogP contribution in [0.2, 0.25) is 0 Å². The van der Waals surface area contributed by atoms with Gasteiger partial charge in [-0.2, -0.15) is 13.2 Å². The molecule has 0 fully saturated rings.